The van der Waals surface area contributed by atoms with Gasteiger partial charge in [0.15, 0.2) is 5.11 Å². The molecule has 0 radical (unpaired) electrons. The Kier molecular flexibility index (Phi) is 6.67. The molecule has 2 saturated heterocycles. The van der Waals surface area contributed by atoms with Gasteiger partial charge < -0.3 is 20.4 Å². The molecule has 0 spiro atoms. The maximum Gasteiger partial charge on any atom is 0.418 e. The molecule has 2 N–H and O–H groups in total. The van der Waals surface area contributed by atoms with E-state index in [4.69, 9.17) is 18.0 Å². The topological polar surface area (TPSA) is 68.9 Å². The molecular weight excluding hydrogens is 477 g/mol. The van der Waals surface area contributed by atoms with E-state index in [0.717, 1.165) is 61.0 Å². The van der Waals surface area contributed by atoms with Crippen molar-refractivity contribution in [3.8, 4) is 0 Å². The lowest BCUT2D eigenvalue weighted by Gasteiger charge is -2.29. The normalized spacial score (nSPS) is 19.4. The average molecular weight is 507 g/mol. The van der Waals surface area contributed by atoms with Crippen molar-refractivity contribution in [2.45, 2.75) is 38.5 Å². The smallest absolute Gasteiger partial charge is 0.398 e. The standard InChI is InChI=1S/C24H29F3N6OS/c1-23(2)21(34)33(17-6-7-19(28)18(13-17)24(25,26)27)22(35)32(23)15-16-5-8-20(29-14-16)31-10-4-9-30(3)11-12-31/h5-8,13-14H,4,9-12,15,28H2,1-3H3. The van der Waals surface area contributed by atoms with Gasteiger partial charge in [-0.05, 0) is 75.9 Å². The number of nitrogen functional groups attached to an aromatic ring is 1. The maximum absolute atomic E-state index is 13.4. The summed E-state index contributed by atoms with van der Waals surface area (Å²) in [6.07, 6.45) is -1.81. The lowest BCUT2D eigenvalue weighted by molar-refractivity contribution is -0.137. The fraction of sp³-hybridized carbons (Fsp3) is 0.458. The first-order valence-corrected chi connectivity index (χ1v) is 11.8. The fourth-order valence-corrected chi connectivity index (χ4v) is 4.89. The van der Waals surface area contributed by atoms with Gasteiger partial charge in [0.05, 0.1) is 11.3 Å². The number of hydrogen-bond donors (Lipinski definition) is 1. The van der Waals surface area contributed by atoms with Gasteiger partial charge in [-0.15, -0.1) is 0 Å². The minimum atomic E-state index is -4.64. The van der Waals surface area contributed by atoms with Crippen molar-refractivity contribution in [2.75, 3.05) is 48.8 Å². The Labute approximate surface area is 208 Å². The molecule has 2 aliphatic heterocycles. The Morgan fingerprint density at radius 3 is 2.51 bits per heavy atom. The molecule has 0 aliphatic carbocycles. The Hall–Kier alpha value is -2.92. The van der Waals surface area contributed by atoms with Gasteiger partial charge in [0, 0.05) is 38.1 Å². The van der Waals surface area contributed by atoms with Crippen LogP contribution in [0.1, 0.15) is 31.4 Å². The second-order valence-corrected chi connectivity index (χ2v) is 9.87. The quantitative estimate of drug-likeness (QED) is 0.501. The van der Waals surface area contributed by atoms with Crippen molar-refractivity contribution in [3.63, 3.8) is 0 Å². The summed E-state index contributed by atoms with van der Waals surface area (Å²) in [5.41, 5.74) is 3.96. The molecule has 1 aromatic heterocycles. The maximum atomic E-state index is 13.4. The molecule has 35 heavy (non-hydrogen) atoms. The van der Waals surface area contributed by atoms with Crippen LogP contribution >= 0.6 is 12.2 Å². The molecule has 0 unspecified atom stereocenters. The summed E-state index contributed by atoms with van der Waals surface area (Å²) < 4.78 is 40.2. The molecule has 188 valence electrons. The summed E-state index contributed by atoms with van der Waals surface area (Å²) in [5.74, 6) is 0.491. The van der Waals surface area contributed by atoms with Crippen LogP contribution in [0.2, 0.25) is 0 Å². The third kappa shape index (κ3) is 4.92. The Bertz CT molecular complexity index is 1120. The van der Waals surface area contributed by atoms with E-state index in [9.17, 15) is 18.0 Å². The Morgan fingerprint density at radius 1 is 1.11 bits per heavy atom. The molecule has 11 heteroatoms. The number of carbonyl (C=O) groups excluding carboxylic acids is 1. The number of nitrogens with zero attached hydrogens (tertiary/aromatic N) is 5. The number of alkyl halides is 3. The zero-order chi connectivity index (χ0) is 25.5. The van der Waals surface area contributed by atoms with Crippen molar-refractivity contribution in [2.24, 2.45) is 0 Å². The zero-order valence-electron chi connectivity index (χ0n) is 20.0. The molecule has 7 nitrogen and oxygen atoms in total. The molecule has 3 heterocycles. The van der Waals surface area contributed by atoms with Crippen LogP contribution in [-0.4, -0.2) is 64.6 Å². The minimum Gasteiger partial charge on any atom is -0.398 e. The van der Waals surface area contributed by atoms with Crippen molar-refractivity contribution >= 4 is 40.4 Å². The van der Waals surface area contributed by atoms with Gasteiger partial charge in [-0.2, -0.15) is 13.2 Å². The van der Waals surface area contributed by atoms with Crippen LogP contribution in [-0.2, 0) is 17.5 Å². The fourth-order valence-electron chi connectivity index (χ4n) is 4.41. The molecular formula is C24H29F3N6OS. The summed E-state index contributed by atoms with van der Waals surface area (Å²) >= 11 is 5.58. The first-order chi connectivity index (χ1) is 16.4. The van der Waals surface area contributed by atoms with Gasteiger partial charge in [-0.25, -0.2) is 4.98 Å². The molecule has 0 atom stereocenters. The second kappa shape index (κ2) is 9.27. The van der Waals surface area contributed by atoms with Gasteiger partial charge in [-0.1, -0.05) is 6.07 Å². The highest BCUT2D eigenvalue weighted by Gasteiger charge is 2.49. The summed E-state index contributed by atoms with van der Waals surface area (Å²) in [6.45, 7) is 7.57. The Balaban J connectivity index is 1.55. The predicted molar refractivity (Wildman–Crippen MR) is 134 cm³/mol. The van der Waals surface area contributed by atoms with Crippen LogP contribution < -0.4 is 15.5 Å². The molecule has 4 rings (SSSR count). The number of halogens is 3. The number of rotatable bonds is 4. The van der Waals surface area contributed by atoms with Gasteiger partial charge in [0.1, 0.15) is 11.4 Å². The number of carbonyl (C=O) groups is 1. The molecule has 0 bridgehead atoms. The second-order valence-electron chi connectivity index (χ2n) is 9.51. The minimum absolute atomic E-state index is 0.0386. The lowest BCUT2D eigenvalue weighted by Crippen LogP contribution is -2.43. The SMILES string of the molecule is CN1CCCN(c2ccc(CN3C(=S)N(c4ccc(N)c(C(F)(F)F)c4)C(=O)C3(C)C)cn2)CC1. The zero-order valence-corrected chi connectivity index (χ0v) is 20.8. The summed E-state index contributed by atoms with van der Waals surface area (Å²) in [5, 5.41) is 0.137. The predicted octanol–water partition coefficient (Wildman–Crippen LogP) is 3.74. The first-order valence-electron chi connectivity index (χ1n) is 11.4. The molecule has 2 aromatic rings. The summed E-state index contributed by atoms with van der Waals surface area (Å²) in [4.78, 5) is 25.3. The largest absolute Gasteiger partial charge is 0.418 e. The third-order valence-electron chi connectivity index (χ3n) is 6.62. The highest BCUT2D eigenvalue weighted by Crippen LogP contribution is 2.39. The van der Waals surface area contributed by atoms with Crippen molar-refractivity contribution in [1.29, 1.82) is 0 Å². The van der Waals surface area contributed by atoms with E-state index in [1.54, 1.807) is 24.9 Å². The van der Waals surface area contributed by atoms with Gasteiger partial charge in [0.2, 0.25) is 0 Å². The van der Waals surface area contributed by atoms with Crippen LogP contribution in [0.3, 0.4) is 0 Å². The molecule has 0 saturated carbocycles. The van der Waals surface area contributed by atoms with Crippen molar-refractivity contribution in [1.82, 2.24) is 14.8 Å². The number of hydrogen-bond acceptors (Lipinski definition) is 6. The van der Waals surface area contributed by atoms with Crippen LogP contribution in [0.15, 0.2) is 36.5 Å². The van der Waals surface area contributed by atoms with Crippen molar-refractivity contribution in [3.05, 3.63) is 47.7 Å². The van der Waals surface area contributed by atoms with Gasteiger partial charge in [-0.3, -0.25) is 9.69 Å². The van der Waals surface area contributed by atoms with E-state index in [-0.39, 0.29) is 10.8 Å². The molecule has 2 fully saturated rings. The number of pyridine rings is 1. The Morgan fingerprint density at radius 2 is 1.86 bits per heavy atom. The van der Waals surface area contributed by atoms with Crippen LogP contribution in [0.4, 0.5) is 30.4 Å². The highest BCUT2D eigenvalue weighted by molar-refractivity contribution is 7.80. The van der Waals surface area contributed by atoms with Crippen molar-refractivity contribution < 1.29 is 18.0 Å². The van der Waals surface area contributed by atoms with Crippen LogP contribution in [0.5, 0.6) is 0 Å². The number of nitrogens with two attached hydrogens (primary N) is 1. The van der Waals surface area contributed by atoms with Gasteiger partial charge in [0.25, 0.3) is 5.91 Å². The number of anilines is 3. The van der Waals surface area contributed by atoms with Gasteiger partial charge >= 0.3 is 6.18 Å². The number of aromatic nitrogens is 1. The number of amides is 1. The lowest BCUT2D eigenvalue weighted by atomic mass is 10.0. The summed E-state index contributed by atoms with van der Waals surface area (Å²) in [6, 6.07) is 7.31. The molecule has 1 aromatic carbocycles. The van der Waals surface area contributed by atoms with E-state index in [1.807, 2.05) is 12.1 Å². The van der Waals surface area contributed by atoms with E-state index in [2.05, 4.69) is 21.8 Å². The summed E-state index contributed by atoms with van der Waals surface area (Å²) in [7, 11) is 2.11. The van der Waals surface area contributed by atoms with Crippen LogP contribution in [0, 0.1) is 0 Å². The molecule has 2 aliphatic rings. The molecule has 1 amide bonds. The third-order valence-corrected chi connectivity index (χ3v) is 7.02. The van der Waals surface area contributed by atoms with E-state index < -0.39 is 28.9 Å². The number of benzene rings is 1. The highest BCUT2D eigenvalue weighted by atomic mass is 32.1. The first kappa shape index (κ1) is 25.2. The van der Waals surface area contributed by atoms with E-state index >= 15 is 0 Å². The number of likely N-dealkylation sites (N-methyl/N-ethyl adjacent to an activating group) is 1. The van der Waals surface area contributed by atoms with Crippen LogP contribution in [0.25, 0.3) is 0 Å². The average Bonchev–Trinajstić information content (AvgIpc) is 2.94. The van der Waals surface area contributed by atoms with E-state index in [1.165, 1.54) is 6.07 Å². The monoisotopic (exact) mass is 506 g/mol. The van der Waals surface area contributed by atoms with E-state index in [0.29, 0.717) is 6.54 Å². The number of thiocarbonyl (C=S) groups is 1.